The van der Waals surface area contributed by atoms with Crippen molar-refractivity contribution in [1.29, 1.82) is 0 Å². The molecule has 1 aromatic heterocycles. The Kier molecular flexibility index (Phi) is 3.60. The number of rotatable bonds is 3. The number of aromatic nitrogens is 2. The summed E-state index contributed by atoms with van der Waals surface area (Å²) in [5.41, 5.74) is 0. The van der Waals surface area contributed by atoms with Crippen molar-refractivity contribution in [3.63, 3.8) is 0 Å². The molecule has 0 atom stereocenters. The van der Waals surface area contributed by atoms with Crippen LogP contribution in [0.1, 0.15) is 5.01 Å². The lowest BCUT2D eigenvalue weighted by atomic mass is 10.3. The van der Waals surface area contributed by atoms with Gasteiger partial charge in [-0.25, -0.2) is 0 Å². The zero-order valence-electron chi connectivity index (χ0n) is 7.85. The Balaban J connectivity index is 2.17. The van der Waals surface area contributed by atoms with E-state index < -0.39 is 0 Å². The number of hydrogen-bond donors (Lipinski definition) is 1. The lowest BCUT2D eigenvalue weighted by molar-refractivity contribution is 0.280. The van der Waals surface area contributed by atoms with Crippen LogP contribution in [0.3, 0.4) is 0 Å². The third-order valence-corrected chi connectivity index (χ3v) is 3.20. The first-order chi connectivity index (χ1) is 7.69. The first-order valence-corrected chi connectivity index (χ1v) is 5.82. The highest BCUT2D eigenvalue weighted by Crippen LogP contribution is 2.30. The quantitative estimate of drug-likeness (QED) is 0.936. The van der Waals surface area contributed by atoms with E-state index in [1.807, 2.05) is 0 Å². The van der Waals surface area contributed by atoms with Gasteiger partial charge in [-0.3, -0.25) is 0 Å². The lowest BCUT2D eigenvalue weighted by Gasteiger charge is -2.01. The Bertz CT molecular complexity index is 504. The molecule has 1 aromatic carbocycles. The minimum absolute atomic E-state index is 0.150. The van der Waals surface area contributed by atoms with Crippen molar-refractivity contribution in [2.75, 3.05) is 0 Å². The highest BCUT2D eigenvalue weighted by Gasteiger charge is 2.06. The molecule has 84 valence electrons. The first-order valence-electron chi connectivity index (χ1n) is 4.25. The normalized spacial score (nSPS) is 10.4. The van der Waals surface area contributed by atoms with Gasteiger partial charge >= 0.3 is 0 Å². The highest BCUT2D eigenvalue weighted by molar-refractivity contribution is 7.13. The van der Waals surface area contributed by atoms with Crippen LogP contribution < -0.4 is 4.74 Å². The molecule has 0 saturated carbocycles. The average Bonchev–Trinajstić information content (AvgIpc) is 2.71. The molecule has 0 spiro atoms. The van der Waals surface area contributed by atoms with Crippen LogP contribution in [0.15, 0.2) is 18.2 Å². The van der Waals surface area contributed by atoms with E-state index in [0.717, 1.165) is 0 Å². The van der Waals surface area contributed by atoms with Gasteiger partial charge in [-0.2, -0.15) is 0 Å². The summed E-state index contributed by atoms with van der Waals surface area (Å²) >= 11 is 12.8. The fourth-order valence-corrected chi connectivity index (χ4v) is 1.84. The number of halogens is 2. The van der Waals surface area contributed by atoms with E-state index in [1.165, 1.54) is 11.3 Å². The summed E-state index contributed by atoms with van der Waals surface area (Å²) in [5, 5.41) is 18.0. The van der Waals surface area contributed by atoms with Gasteiger partial charge in [0.2, 0.25) is 0 Å². The van der Waals surface area contributed by atoms with Gasteiger partial charge in [-0.05, 0) is 12.1 Å². The van der Waals surface area contributed by atoms with Crippen LogP contribution in [-0.4, -0.2) is 15.3 Å². The molecule has 0 bridgehead atoms. The van der Waals surface area contributed by atoms with E-state index >= 15 is 0 Å². The van der Waals surface area contributed by atoms with E-state index in [4.69, 9.17) is 33.0 Å². The topological polar surface area (TPSA) is 55.2 Å². The van der Waals surface area contributed by atoms with Crippen LogP contribution in [0, 0.1) is 0 Å². The standard InChI is InChI=1S/C9H6Cl2N2O2S/c10-6-2-1-5(3-7(6)11)15-9-13-12-8(4-14)16-9/h1-3,14H,4H2. The minimum Gasteiger partial charge on any atom is -0.430 e. The molecule has 0 unspecified atom stereocenters. The van der Waals surface area contributed by atoms with Crippen molar-refractivity contribution in [2.45, 2.75) is 6.61 Å². The van der Waals surface area contributed by atoms with Gasteiger partial charge in [-0.1, -0.05) is 39.6 Å². The number of ether oxygens (including phenoxy) is 1. The fourth-order valence-electron chi connectivity index (χ4n) is 0.985. The molecule has 1 N–H and O–H groups in total. The second-order valence-electron chi connectivity index (χ2n) is 2.80. The summed E-state index contributed by atoms with van der Waals surface area (Å²) in [4.78, 5) is 0. The maximum atomic E-state index is 8.81. The minimum atomic E-state index is -0.150. The third kappa shape index (κ3) is 2.62. The van der Waals surface area contributed by atoms with Crippen LogP contribution in [0.4, 0.5) is 0 Å². The van der Waals surface area contributed by atoms with E-state index in [9.17, 15) is 0 Å². The maximum absolute atomic E-state index is 8.81. The van der Waals surface area contributed by atoms with Gasteiger partial charge in [0, 0.05) is 6.07 Å². The number of aliphatic hydroxyl groups is 1. The van der Waals surface area contributed by atoms with Crippen molar-refractivity contribution in [3.05, 3.63) is 33.3 Å². The van der Waals surface area contributed by atoms with E-state index in [0.29, 0.717) is 26.0 Å². The molecule has 0 amide bonds. The lowest BCUT2D eigenvalue weighted by Crippen LogP contribution is -1.83. The third-order valence-electron chi connectivity index (χ3n) is 1.68. The van der Waals surface area contributed by atoms with E-state index in [1.54, 1.807) is 18.2 Å². The van der Waals surface area contributed by atoms with Crippen LogP contribution in [0.5, 0.6) is 10.9 Å². The molecule has 4 nitrogen and oxygen atoms in total. The smallest absolute Gasteiger partial charge is 0.299 e. The Labute approximate surface area is 105 Å². The SMILES string of the molecule is OCc1nnc(Oc2ccc(Cl)c(Cl)c2)s1. The van der Waals surface area contributed by atoms with Crippen molar-refractivity contribution < 1.29 is 9.84 Å². The van der Waals surface area contributed by atoms with Crippen LogP contribution in [-0.2, 0) is 6.61 Å². The Morgan fingerprint density at radius 2 is 2.06 bits per heavy atom. The summed E-state index contributed by atoms with van der Waals surface area (Å²) < 4.78 is 5.39. The summed E-state index contributed by atoms with van der Waals surface area (Å²) in [7, 11) is 0. The molecular weight excluding hydrogens is 271 g/mol. The Hall–Kier alpha value is -0.880. The maximum Gasteiger partial charge on any atom is 0.299 e. The van der Waals surface area contributed by atoms with Crippen molar-refractivity contribution in [2.24, 2.45) is 0 Å². The van der Waals surface area contributed by atoms with Crippen molar-refractivity contribution in [3.8, 4) is 10.9 Å². The second-order valence-corrected chi connectivity index (χ2v) is 4.64. The number of nitrogens with zero attached hydrogens (tertiary/aromatic N) is 2. The average molecular weight is 277 g/mol. The molecule has 0 fully saturated rings. The predicted octanol–water partition coefficient (Wildman–Crippen LogP) is 3.13. The molecule has 0 saturated heterocycles. The van der Waals surface area contributed by atoms with Gasteiger partial charge in [0.05, 0.1) is 16.7 Å². The second kappa shape index (κ2) is 4.97. The molecule has 1 heterocycles. The summed E-state index contributed by atoms with van der Waals surface area (Å²) in [6, 6.07) is 4.89. The molecular formula is C9H6Cl2N2O2S. The van der Waals surface area contributed by atoms with E-state index in [-0.39, 0.29) is 6.61 Å². The fraction of sp³-hybridized carbons (Fsp3) is 0.111. The molecule has 0 aliphatic rings. The molecule has 0 aliphatic carbocycles. The van der Waals surface area contributed by atoms with Crippen LogP contribution in [0.25, 0.3) is 0 Å². The molecule has 0 aliphatic heterocycles. The Morgan fingerprint density at radius 3 is 2.69 bits per heavy atom. The van der Waals surface area contributed by atoms with Gasteiger partial charge in [-0.15, -0.1) is 5.10 Å². The number of hydrogen-bond acceptors (Lipinski definition) is 5. The highest BCUT2D eigenvalue weighted by atomic mass is 35.5. The number of aliphatic hydroxyl groups excluding tert-OH is 1. The van der Waals surface area contributed by atoms with Gasteiger partial charge < -0.3 is 9.84 Å². The van der Waals surface area contributed by atoms with Crippen LogP contribution >= 0.6 is 34.5 Å². The van der Waals surface area contributed by atoms with Gasteiger partial charge in [0.25, 0.3) is 5.19 Å². The van der Waals surface area contributed by atoms with Gasteiger partial charge in [0.1, 0.15) is 10.8 Å². The summed E-state index contributed by atoms with van der Waals surface area (Å²) in [6.07, 6.45) is 0. The Morgan fingerprint density at radius 1 is 1.25 bits per heavy atom. The molecule has 2 rings (SSSR count). The van der Waals surface area contributed by atoms with Crippen LogP contribution in [0.2, 0.25) is 10.0 Å². The monoisotopic (exact) mass is 276 g/mol. The van der Waals surface area contributed by atoms with E-state index in [2.05, 4.69) is 10.2 Å². The predicted molar refractivity (Wildman–Crippen MR) is 62.4 cm³/mol. The largest absolute Gasteiger partial charge is 0.430 e. The summed E-state index contributed by atoms with van der Waals surface area (Å²) in [5.74, 6) is 0.523. The number of benzene rings is 1. The van der Waals surface area contributed by atoms with Gasteiger partial charge in [0.15, 0.2) is 0 Å². The van der Waals surface area contributed by atoms with Crippen molar-refractivity contribution in [1.82, 2.24) is 10.2 Å². The molecule has 0 radical (unpaired) electrons. The summed E-state index contributed by atoms with van der Waals surface area (Å²) in [6.45, 7) is -0.150. The molecule has 16 heavy (non-hydrogen) atoms. The van der Waals surface area contributed by atoms with Crippen molar-refractivity contribution >= 4 is 34.5 Å². The molecule has 2 aromatic rings. The zero-order chi connectivity index (χ0) is 11.5. The zero-order valence-corrected chi connectivity index (χ0v) is 10.2. The first kappa shape index (κ1) is 11.6. The molecule has 7 heteroatoms.